The summed E-state index contributed by atoms with van der Waals surface area (Å²) in [5.41, 5.74) is 3.98. The fraction of sp³-hybridized carbons (Fsp3) is 0.455. The molecule has 0 fully saturated rings. The summed E-state index contributed by atoms with van der Waals surface area (Å²) in [5.74, 6) is 0.800. The highest BCUT2D eigenvalue weighted by molar-refractivity contribution is 7.13. The molecule has 0 saturated heterocycles. The summed E-state index contributed by atoms with van der Waals surface area (Å²) in [5, 5.41) is 2.45. The lowest BCUT2D eigenvalue weighted by molar-refractivity contribution is -0.154. The molecule has 1 heterocycles. The van der Waals surface area contributed by atoms with Gasteiger partial charge in [-0.1, -0.05) is 17.4 Å². The van der Waals surface area contributed by atoms with E-state index in [1.54, 1.807) is 17.4 Å². The van der Waals surface area contributed by atoms with Crippen LogP contribution in [0.25, 0.3) is 0 Å². The Kier molecular flexibility index (Phi) is 8.37. The van der Waals surface area contributed by atoms with Gasteiger partial charge in [0.1, 0.15) is 5.75 Å². The van der Waals surface area contributed by atoms with Gasteiger partial charge in [0.25, 0.3) is 5.19 Å². The van der Waals surface area contributed by atoms with Crippen molar-refractivity contribution in [2.45, 2.75) is 40.7 Å². The van der Waals surface area contributed by atoms with Crippen LogP contribution >= 0.6 is 11.3 Å². The number of rotatable bonds is 10. The molecule has 158 valence electrons. The fourth-order valence-corrected chi connectivity index (χ4v) is 3.64. The highest BCUT2D eigenvalue weighted by Crippen LogP contribution is 2.37. The van der Waals surface area contributed by atoms with E-state index in [2.05, 4.69) is 30.4 Å². The molecular weight excluding hydrogens is 384 g/mol. The normalized spacial score (nSPS) is 12.6. The number of aliphatic imine (C=N–C) groups is 1. The molecule has 7 heteroatoms. The lowest BCUT2D eigenvalue weighted by Gasteiger charge is -2.22. The molecular formula is C22H32N4O2S. The van der Waals surface area contributed by atoms with Gasteiger partial charge in [-0.2, -0.15) is 5.06 Å². The predicted octanol–water partition coefficient (Wildman–Crippen LogP) is 5.58. The SMILES string of the molecule is C=CCON(C)C(C)c1sc(Oc2cc(C)c(N=CN(C)CC)cc2C)nc1C. The molecule has 0 aliphatic heterocycles. The van der Waals surface area contributed by atoms with E-state index in [-0.39, 0.29) is 6.04 Å². The zero-order valence-electron chi connectivity index (χ0n) is 18.5. The molecule has 0 N–H and O–H groups in total. The van der Waals surface area contributed by atoms with Crippen molar-refractivity contribution in [3.8, 4) is 10.9 Å². The minimum atomic E-state index is 0.0694. The highest BCUT2D eigenvalue weighted by Gasteiger charge is 2.20. The highest BCUT2D eigenvalue weighted by atomic mass is 32.1. The summed E-state index contributed by atoms with van der Waals surface area (Å²) < 4.78 is 6.13. The third kappa shape index (κ3) is 6.13. The first-order valence-electron chi connectivity index (χ1n) is 9.74. The maximum atomic E-state index is 6.13. The van der Waals surface area contributed by atoms with Crippen molar-refractivity contribution in [2.24, 2.45) is 4.99 Å². The Labute approximate surface area is 178 Å². The van der Waals surface area contributed by atoms with Crippen LogP contribution in [-0.2, 0) is 4.84 Å². The minimum Gasteiger partial charge on any atom is -0.431 e. The molecule has 2 aromatic rings. The molecule has 29 heavy (non-hydrogen) atoms. The monoisotopic (exact) mass is 416 g/mol. The molecule has 1 aromatic heterocycles. The Morgan fingerprint density at radius 3 is 2.62 bits per heavy atom. The van der Waals surface area contributed by atoms with Crippen LogP contribution in [0.2, 0.25) is 0 Å². The predicted molar refractivity (Wildman–Crippen MR) is 122 cm³/mol. The second-order valence-corrected chi connectivity index (χ2v) is 8.05. The molecule has 6 nitrogen and oxygen atoms in total. The van der Waals surface area contributed by atoms with Crippen molar-refractivity contribution >= 4 is 23.4 Å². The van der Waals surface area contributed by atoms with E-state index in [1.807, 2.05) is 63.3 Å². The van der Waals surface area contributed by atoms with Gasteiger partial charge in [0.05, 0.1) is 35.2 Å². The quantitative estimate of drug-likeness (QED) is 0.219. The van der Waals surface area contributed by atoms with Crippen molar-refractivity contribution in [3.63, 3.8) is 0 Å². The number of aryl methyl sites for hydroxylation is 3. The number of hydrogen-bond donors (Lipinski definition) is 0. The number of hydroxylamine groups is 2. The van der Waals surface area contributed by atoms with Gasteiger partial charge >= 0.3 is 0 Å². The number of hydrogen-bond acceptors (Lipinski definition) is 6. The van der Waals surface area contributed by atoms with Crippen molar-refractivity contribution in [3.05, 3.63) is 46.5 Å². The second kappa shape index (κ2) is 10.5. The van der Waals surface area contributed by atoms with E-state index < -0.39 is 0 Å². The number of nitrogens with zero attached hydrogens (tertiary/aromatic N) is 4. The van der Waals surface area contributed by atoms with Gasteiger partial charge in [-0.3, -0.25) is 4.84 Å². The number of benzene rings is 1. The molecule has 1 unspecified atom stereocenters. The molecule has 0 aliphatic carbocycles. The van der Waals surface area contributed by atoms with Crippen LogP contribution in [-0.4, -0.2) is 48.5 Å². The minimum absolute atomic E-state index is 0.0694. The van der Waals surface area contributed by atoms with Crippen molar-refractivity contribution in [1.29, 1.82) is 0 Å². The molecule has 0 saturated carbocycles. The van der Waals surface area contributed by atoms with Gasteiger partial charge in [0.15, 0.2) is 0 Å². The van der Waals surface area contributed by atoms with Crippen LogP contribution in [0.1, 0.15) is 41.6 Å². The Morgan fingerprint density at radius 2 is 1.97 bits per heavy atom. The molecule has 0 radical (unpaired) electrons. The summed E-state index contributed by atoms with van der Waals surface area (Å²) >= 11 is 1.54. The first-order chi connectivity index (χ1) is 13.8. The lowest BCUT2D eigenvalue weighted by atomic mass is 10.1. The van der Waals surface area contributed by atoms with Crippen LogP contribution in [0.4, 0.5) is 5.69 Å². The van der Waals surface area contributed by atoms with E-state index in [1.165, 1.54) is 0 Å². The van der Waals surface area contributed by atoms with Gasteiger partial charge in [-0.25, -0.2) is 9.98 Å². The topological polar surface area (TPSA) is 50.2 Å². The smallest absolute Gasteiger partial charge is 0.279 e. The second-order valence-electron chi connectivity index (χ2n) is 7.06. The molecule has 0 bridgehead atoms. The largest absolute Gasteiger partial charge is 0.431 e. The summed E-state index contributed by atoms with van der Waals surface area (Å²) in [6, 6.07) is 4.14. The molecule has 0 spiro atoms. The first kappa shape index (κ1) is 23.1. The summed E-state index contributed by atoms with van der Waals surface area (Å²) in [6.45, 7) is 15.3. The Morgan fingerprint density at radius 1 is 1.24 bits per heavy atom. The van der Waals surface area contributed by atoms with Crippen molar-refractivity contribution in [1.82, 2.24) is 14.9 Å². The molecule has 1 aromatic carbocycles. The fourth-order valence-electron chi connectivity index (χ4n) is 2.62. The van der Waals surface area contributed by atoms with Crippen molar-refractivity contribution in [2.75, 3.05) is 27.2 Å². The van der Waals surface area contributed by atoms with E-state index in [4.69, 9.17) is 9.57 Å². The lowest BCUT2D eigenvalue weighted by Crippen LogP contribution is -2.22. The van der Waals surface area contributed by atoms with Gasteiger partial charge < -0.3 is 9.64 Å². The third-order valence-electron chi connectivity index (χ3n) is 4.72. The first-order valence-corrected chi connectivity index (χ1v) is 10.6. The average Bonchev–Trinajstić information content (AvgIpc) is 3.06. The molecule has 0 aliphatic rings. The van der Waals surface area contributed by atoms with E-state index in [0.717, 1.165) is 39.7 Å². The zero-order valence-corrected chi connectivity index (χ0v) is 19.3. The van der Waals surface area contributed by atoms with Crippen LogP contribution in [0.15, 0.2) is 29.8 Å². The van der Waals surface area contributed by atoms with Crippen molar-refractivity contribution < 1.29 is 9.57 Å². The maximum absolute atomic E-state index is 6.13. The number of aromatic nitrogens is 1. The van der Waals surface area contributed by atoms with Crippen LogP contribution < -0.4 is 4.74 Å². The number of ether oxygens (including phenoxy) is 1. The molecule has 1 atom stereocenters. The Balaban J connectivity index is 2.19. The summed E-state index contributed by atoms with van der Waals surface area (Å²) in [4.78, 5) is 18.0. The maximum Gasteiger partial charge on any atom is 0.279 e. The van der Waals surface area contributed by atoms with Crippen LogP contribution in [0, 0.1) is 20.8 Å². The van der Waals surface area contributed by atoms with E-state index in [9.17, 15) is 0 Å². The average molecular weight is 417 g/mol. The molecule has 2 rings (SSSR count). The Bertz CT molecular complexity index is 863. The summed E-state index contributed by atoms with van der Waals surface area (Å²) in [7, 11) is 3.92. The van der Waals surface area contributed by atoms with Gasteiger partial charge in [-0.15, -0.1) is 6.58 Å². The Hall–Kier alpha value is -2.22. The van der Waals surface area contributed by atoms with Crippen LogP contribution in [0.5, 0.6) is 10.9 Å². The van der Waals surface area contributed by atoms with Gasteiger partial charge in [0.2, 0.25) is 0 Å². The van der Waals surface area contributed by atoms with E-state index >= 15 is 0 Å². The zero-order chi connectivity index (χ0) is 21.6. The van der Waals surface area contributed by atoms with E-state index in [0.29, 0.717) is 11.8 Å². The van der Waals surface area contributed by atoms with Gasteiger partial charge in [-0.05, 0) is 57.9 Å². The molecule has 0 amide bonds. The standard InChI is InChI=1S/C22H32N4O2S/c1-9-11-27-26(8)18(6)21-17(5)24-22(29-21)28-20-13-15(3)19(12-16(20)4)23-14-25(7)10-2/h9,12-14,18H,1,10-11H2,2-8H3. The number of thiazole rings is 1. The third-order valence-corrected chi connectivity index (χ3v) is 5.92. The van der Waals surface area contributed by atoms with Gasteiger partial charge in [0, 0.05) is 20.6 Å². The van der Waals surface area contributed by atoms with Crippen LogP contribution in [0.3, 0.4) is 0 Å². The summed E-state index contributed by atoms with van der Waals surface area (Å²) in [6.07, 6.45) is 3.58.